The summed E-state index contributed by atoms with van der Waals surface area (Å²) in [5, 5.41) is 0. The van der Waals surface area contributed by atoms with E-state index in [0.717, 1.165) is 6.07 Å². The van der Waals surface area contributed by atoms with E-state index in [2.05, 4.69) is 4.74 Å². The minimum atomic E-state index is -0.644. The summed E-state index contributed by atoms with van der Waals surface area (Å²) in [6, 6.07) is 2.46. The van der Waals surface area contributed by atoms with Gasteiger partial charge in [-0.05, 0) is 31.5 Å². The fraction of sp³-hybridized carbons (Fsp3) is 0.273. The van der Waals surface area contributed by atoms with Crippen molar-refractivity contribution >= 4 is 11.8 Å². The van der Waals surface area contributed by atoms with Crippen LogP contribution in [-0.2, 0) is 4.74 Å². The average Bonchev–Trinajstić information content (AvgIpc) is 2.20. The molecule has 0 heterocycles. The Kier molecular flexibility index (Phi) is 3.19. The highest BCUT2D eigenvalue weighted by Gasteiger charge is 2.15. The predicted molar refractivity (Wildman–Crippen MR) is 52.5 cm³/mol. The molecule has 15 heavy (non-hydrogen) atoms. The molecule has 0 saturated carbocycles. The zero-order valence-electron chi connectivity index (χ0n) is 8.76. The Morgan fingerprint density at radius 1 is 1.33 bits per heavy atom. The van der Waals surface area contributed by atoms with Gasteiger partial charge in [-0.15, -0.1) is 0 Å². The van der Waals surface area contributed by atoms with Gasteiger partial charge in [-0.1, -0.05) is 0 Å². The van der Waals surface area contributed by atoms with Gasteiger partial charge >= 0.3 is 5.97 Å². The highest BCUT2D eigenvalue weighted by molar-refractivity contribution is 5.98. The van der Waals surface area contributed by atoms with Crippen LogP contribution in [-0.4, -0.2) is 18.9 Å². The van der Waals surface area contributed by atoms with Gasteiger partial charge < -0.3 is 4.74 Å². The van der Waals surface area contributed by atoms with Gasteiger partial charge in [0.25, 0.3) is 0 Å². The van der Waals surface area contributed by atoms with Crippen molar-refractivity contribution in [3.05, 3.63) is 34.6 Å². The number of Topliss-reactive ketones (excluding diaryl/α,β-unsaturated/α-hetero) is 1. The molecule has 0 saturated heterocycles. The molecule has 4 heteroatoms. The molecule has 0 amide bonds. The first-order chi connectivity index (χ1) is 6.97. The molecule has 0 aliphatic heterocycles. The van der Waals surface area contributed by atoms with E-state index in [1.807, 2.05) is 0 Å². The molecule has 0 fully saturated rings. The Hall–Kier alpha value is -1.71. The van der Waals surface area contributed by atoms with Gasteiger partial charge in [-0.3, -0.25) is 4.79 Å². The summed E-state index contributed by atoms with van der Waals surface area (Å²) in [5.41, 5.74) is 0.438. The number of halogens is 1. The molecule has 0 aromatic heterocycles. The van der Waals surface area contributed by atoms with Crippen LogP contribution in [0.1, 0.15) is 33.2 Å². The van der Waals surface area contributed by atoms with Crippen molar-refractivity contribution in [3.8, 4) is 0 Å². The predicted octanol–water partition coefficient (Wildman–Crippen LogP) is 2.12. The molecule has 1 aromatic carbocycles. The molecule has 3 nitrogen and oxygen atoms in total. The molecule has 80 valence electrons. The Bertz CT molecular complexity index is 424. The van der Waals surface area contributed by atoms with Crippen LogP contribution in [0.2, 0.25) is 0 Å². The number of hydrogen-bond donors (Lipinski definition) is 0. The van der Waals surface area contributed by atoms with Crippen molar-refractivity contribution in [3.63, 3.8) is 0 Å². The molecular formula is C11H11FO3. The van der Waals surface area contributed by atoms with Crippen LogP contribution >= 0.6 is 0 Å². The molecule has 0 atom stereocenters. The van der Waals surface area contributed by atoms with E-state index in [1.54, 1.807) is 0 Å². The molecule has 1 aromatic rings. The summed E-state index contributed by atoms with van der Waals surface area (Å²) >= 11 is 0. The van der Waals surface area contributed by atoms with E-state index >= 15 is 0 Å². The topological polar surface area (TPSA) is 43.4 Å². The van der Waals surface area contributed by atoms with Crippen molar-refractivity contribution in [2.75, 3.05) is 7.11 Å². The third-order valence-corrected chi connectivity index (χ3v) is 2.16. The number of benzene rings is 1. The van der Waals surface area contributed by atoms with Crippen LogP contribution in [0.3, 0.4) is 0 Å². The highest BCUT2D eigenvalue weighted by atomic mass is 19.1. The van der Waals surface area contributed by atoms with Crippen molar-refractivity contribution in [1.82, 2.24) is 0 Å². The Labute approximate surface area is 86.9 Å². The largest absolute Gasteiger partial charge is 0.465 e. The van der Waals surface area contributed by atoms with E-state index < -0.39 is 11.8 Å². The minimum Gasteiger partial charge on any atom is -0.465 e. The van der Waals surface area contributed by atoms with Crippen LogP contribution < -0.4 is 0 Å². The normalized spacial score (nSPS) is 9.87. The SMILES string of the molecule is COC(=O)c1cc(C(C)=O)cc(F)c1C. The van der Waals surface area contributed by atoms with Crippen LogP contribution in [0.5, 0.6) is 0 Å². The van der Waals surface area contributed by atoms with Gasteiger partial charge in [-0.25, -0.2) is 9.18 Å². The van der Waals surface area contributed by atoms with Gasteiger partial charge in [0.15, 0.2) is 5.78 Å². The second-order valence-corrected chi connectivity index (χ2v) is 3.18. The second kappa shape index (κ2) is 4.21. The van der Waals surface area contributed by atoms with Crippen LogP contribution in [0.4, 0.5) is 4.39 Å². The zero-order valence-corrected chi connectivity index (χ0v) is 8.76. The van der Waals surface area contributed by atoms with E-state index in [1.165, 1.54) is 27.0 Å². The number of carbonyl (C=O) groups is 2. The van der Waals surface area contributed by atoms with Crippen LogP contribution in [0, 0.1) is 12.7 Å². The number of carbonyl (C=O) groups excluding carboxylic acids is 2. The van der Waals surface area contributed by atoms with Crippen molar-refractivity contribution in [1.29, 1.82) is 0 Å². The van der Waals surface area contributed by atoms with Gasteiger partial charge in [0.1, 0.15) is 5.82 Å². The molecule has 0 spiro atoms. The maximum atomic E-state index is 13.3. The lowest BCUT2D eigenvalue weighted by Crippen LogP contribution is -2.08. The number of esters is 1. The molecule has 0 aliphatic rings. The monoisotopic (exact) mass is 210 g/mol. The molecule has 0 radical (unpaired) electrons. The van der Waals surface area contributed by atoms with Crippen LogP contribution in [0.25, 0.3) is 0 Å². The average molecular weight is 210 g/mol. The van der Waals surface area contributed by atoms with E-state index in [9.17, 15) is 14.0 Å². The number of rotatable bonds is 2. The zero-order chi connectivity index (χ0) is 11.6. The number of methoxy groups -OCH3 is 1. The lowest BCUT2D eigenvalue weighted by Gasteiger charge is -2.06. The molecule has 0 bridgehead atoms. The summed E-state index contributed by atoms with van der Waals surface area (Å²) < 4.78 is 17.8. The second-order valence-electron chi connectivity index (χ2n) is 3.18. The summed E-state index contributed by atoms with van der Waals surface area (Å²) in [7, 11) is 1.21. The number of ketones is 1. The summed E-state index contributed by atoms with van der Waals surface area (Å²) in [6.45, 7) is 2.77. The van der Waals surface area contributed by atoms with E-state index in [-0.39, 0.29) is 22.5 Å². The van der Waals surface area contributed by atoms with Crippen molar-refractivity contribution in [2.24, 2.45) is 0 Å². The maximum Gasteiger partial charge on any atom is 0.338 e. The lowest BCUT2D eigenvalue weighted by atomic mass is 10.0. The van der Waals surface area contributed by atoms with Gasteiger partial charge in [0.05, 0.1) is 12.7 Å². The summed E-state index contributed by atoms with van der Waals surface area (Å²) in [4.78, 5) is 22.3. The van der Waals surface area contributed by atoms with Gasteiger partial charge in [-0.2, -0.15) is 0 Å². The number of hydrogen-bond acceptors (Lipinski definition) is 3. The van der Waals surface area contributed by atoms with Crippen LogP contribution in [0.15, 0.2) is 12.1 Å². The molecule has 1 rings (SSSR count). The smallest absolute Gasteiger partial charge is 0.338 e. The first-order valence-electron chi connectivity index (χ1n) is 4.36. The minimum absolute atomic E-state index is 0.0858. The van der Waals surface area contributed by atoms with Crippen molar-refractivity contribution < 1.29 is 18.7 Å². The number of ether oxygens (including phenoxy) is 1. The van der Waals surface area contributed by atoms with Gasteiger partial charge in [0, 0.05) is 5.56 Å². The van der Waals surface area contributed by atoms with Crippen molar-refractivity contribution in [2.45, 2.75) is 13.8 Å². The molecule has 0 unspecified atom stereocenters. The quantitative estimate of drug-likeness (QED) is 0.554. The Balaban J connectivity index is 3.37. The van der Waals surface area contributed by atoms with Gasteiger partial charge in [0.2, 0.25) is 0 Å². The standard InChI is InChI=1S/C11H11FO3/c1-6-9(11(14)15-3)4-8(7(2)13)5-10(6)12/h4-5H,1-3H3. The fourth-order valence-electron chi connectivity index (χ4n) is 1.20. The third kappa shape index (κ3) is 2.21. The summed E-state index contributed by atoms with van der Waals surface area (Å²) in [5.74, 6) is -1.52. The van der Waals surface area contributed by atoms with E-state index in [4.69, 9.17) is 0 Å². The summed E-state index contributed by atoms with van der Waals surface area (Å²) in [6.07, 6.45) is 0. The first kappa shape index (κ1) is 11.4. The molecule has 0 aliphatic carbocycles. The molecular weight excluding hydrogens is 199 g/mol. The molecule has 0 N–H and O–H groups in total. The lowest BCUT2D eigenvalue weighted by molar-refractivity contribution is 0.0599. The first-order valence-corrected chi connectivity index (χ1v) is 4.36. The Morgan fingerprint density at radius 2 is 1.93 bits per heavy atom. The Morgan fingerprint density at radius 3 is 2.40 bits per heavy atom. The fourth-order valence-corrected chi connectivity index (χ4v) is 1.20. The third-order valence-electron chi connectivity index (χ3n) is 2.16. The van der Waals surface area contributed by atoms with E-state index in [0.29, 0.717) is 0 Å². The maximum absolute atomic E-state index is 13.3. The highest BCUT2D eigenvalue weighted by Crippen LogP contribution is 2.17.